The first-order chi connectivity index (χ1) is 7.61. The number of esters is 1. The lowest BCUT2D eigenvalue weighted by molar-refractivity contribution is -0.137. The first-order valence-electron chi connectivity index (χ1n) is 4.99. The molecule has 86 valence electrons. The van der Waals surface area contributed by atoms with Gasteiger partial charge >= 0.3 is 5.97 Å². The summed E-state index contributed by atoms with van der Waals surface area (Å²) >= 11 is 3.36. The third-order valence-electron chi connectivity index (χ3n) is 1.81. The molecule has 0 heterocycles. The molecular weight excluding hydrogens is 270 g/mol. The molecule has 0 radical (unpaired) electrons. The Labute approximate surface area is 104 Å². The van der Waals surface area contributed by atoms with Crippen LogP contribution in [0.1, 0.15) is 13.8 Å². The van der Waals surface area contributed by atoms with Crippen molar-refractivity contribution in [2.24, 2.45) is 0 Å². The zero-order valence-corrected chi connectivity index (χ0v) is 10.9. The Morgan fingerprint density at radius 3 is 2.62 bits per heavy atom. The van der Waals surface area contributed by atoms with Crippen molar-refractivity contribution in [2.45, 2.75) is 13.8 Å². The fourth-order valence-electron chi connectivity index (χ4n) is 1.16. The van der Waals surface area contributed by atoms with Crippen LogP contribution in [0.25, 0.3) is 0 Å². The van der Waals surface area contributed by atoms with Crippen molar-refractivity contribution in [3.8, 4) is 0 Å². The van der Waals surface area contributed by atoms with Gasteiger partial charge in [-0.25, -0.2) is 4.79 Å². The monoisotopic (exact) mass is 283 g/mol. The van der Waals surface area contributed by atoms with E-state index in [1.807, 2.05) is 31.2 Å². The van der Waals surface area contributed by atoms with Crippen molar-refractivity contribution in [1.29, 1.82) is 0 Å². The zero-order valence-electron chi connectivity index (χ0n) is 9.29. The van der Waals surface area contributed by atoms with Crippen LogP contribution >= 0.6 is 15.9 Å². The van der Waals surface area contributed by atoms with Gasteiger partial charge in [0.25, 0.3) is 0 Å². The van der Waals surface area contributed by atoms with Crippen molar-refractivity contribution >= 4 is 27.6 Å². The first-order valence-corrected chi connectivity index (χ1v) is 5.78. The van der Waals surface area contributed by atoms with E-state index in [4.69, 9.17) is 4.74 Å². The highest BCUT2D eigenvalue weighted by molar-refractivity contribution is 9.10. The predicted molar refractivity (Wildman–Crippen MR) is 68.2 cm³/mol. The molecule has 0 aliphatic carbocycles. The predicted octanol–water partition coefficient (Wildman–Crippen LogP) is 3.33. The fraction of sp³-hybridized carbons (Fsp3) is 0.250. The molecule has 0 spiro atoms. The molecule has 0 aliphatic rings. The highest BCUT2D eigenvalue weighted by atomic mass is 79.9. The molecule has 1 aromatic carbocycles. The second-order valence-electron chi connectivity index (χ2n) is 3.21. The molecule has 0 bridgehead atoms. The molecule has 0 saturated heterocycles. The van der Waals surface area contributed by atoms with Crippen LogP contribution in [0.3, 0.4) is 0 Å². The third kappa shape index (κ3) is 4.49. The number of ether oxygens (including phenoxy) is 1. The Morgan fingerprint density at radius 2 is 2.06 bits per heavy atom. The highest BCUT2D eigenvalue weighted by Crippen LogP contribution is 2.15. The molecule has 0 aromatic heterocycles. The second kappa shape index (κ2) is 6.33. The molecule has 1 N–H and O–H groups in total. The molecule has 0 fully saturated rings. The maximum Gasteiger partial charge on any atom is 0.332 e. The maximum absolute atomic E-state index is 11.2. The van der Waals surface area contributed by atoms with Crippen LogP contribution in [0.2, 0.25) is 0 Å². The van der Waals surface area contributed by atoms with Crippen LogP contribution in [0.15, 0.2) is 40.5 Å². The molecule has 0 saturated carbocycles. The van der Waals surface area contributed by atoms with Crippen molar-refractivity contribution in [3.05, 3.63) is 40.5 Å². The van der Waals surface area contributed by atoms with Gasteiger partial charge in [0.05, 0.1) is 6.61 Å². The number of halogens is 1. The quantitative estimate of drug-likeness (QED) is 0.681. The summed E-state index contributed by atoms with van der Waals surface area (Å²) in [5, 5.41) is 3.10. The van der Waals surface area contributed by atoms with Crippen molar-refractivity contribution in [3.63, 3.8) is 0 Å². The summed E-state index contributed by atoms with van der Waals surface area (Å²) < 4.78 is 5.83. The molecule has 3 nitrogen and oxygen atoms in total. The normalized spacial score (nSPS) is 11.1. The highest BCUT2D eigenvalue weighted by Gasteiger charge is 1.98. The fourth-order valence-corrected chi connectivity index (χ4v) is 1.42. The average molecular weight is 284 g/mol. The number of nitrogens with one attached hydrogen (secondary N) is 1. The van der Waals surface area contributed by atoms with E-state index in [1.54, 1.807) is 6.92 Å². The van der Waals surface area contributed by atoms with Crippen LogP contribution in [0.5, 0.6) is 0 Å². The molecule has 0 aliphatic heterocycles. The van der Waals surface area contributed by atoms with E-state index in [2.05, 4.69) is 21.2 Å². The minimum absolute atomic E-state index is 0.329. The van der Waals surface area contributed by atoms with Crippen LogP contribution in [0.4, 0.5) is 5.69 Å². The zero-order chi connectivity index (χ0) is 12.0. The topological polar surface area (TPSA) is 38.3 Å². The van der Waals surface area contributed by atoms with Gasteiger partial charge in [-0.1, -0.05) is 15.9 Å². The van der Waals surface area contributed by atoms with E-state index < -0.39 is 0 Å². The number of benzene rings is 1. The summed E-state index contributed by atoms with van der Waals surface area (Å²) in [6.45, 7) is 3.99. The lowest BCUT2D eigenvalue weighted by atomic mass is 10.3. The largest absolute Gasteiger partial charge is 0.463 e. The number of allylic oxidation sites excluding steroid dienone is 1. The number of carbonyl (C=O) groups is 1. The van der Waals surface area contributed by atoms with Crippen molar-refractivity contribution in [1.82, 2.24) is 0 Å². The van der Waals surface area contributed by atoms with E-state index in [0.717, 1.165) is 15.9 Å². The Morgan fingerprint density at radius 1 is 1.44 bits per heavy atom. The van der Waals surface area contributed by atoms with Gasteiger partial charge in [-0.15, -0.1) is 0 Å². The molecule has 1 rings (SSSR count). The molecule has 16 heavy (non-hydrogen) atoms. The maximum atomic E-state index is 11.2. The van der Waals surface area contributed by atoms with Gasteiger partial charge in [0, 0.05) is 21.9 Å². The summed E-state index contributed by atoms with van der Waals surface area (Å²) in [6.07, 6.45) is 1.44. The summed E-state index contributed by atoms with van der Waals surface area (Å²) in [4.78, 5) is 11.2. The lowest BCUT2D eigenvalue weighted by Gasteiger charge is -2.06. The van der Waals surface area contributed by atoms with Crippen molar-refractivity contribution in [2.75, 3.05) is 11.9 Å². The van der Waals surface area contributed by atoms with E-state index in [0.29, 0.717) is 6.61 Å². The molecule has 0 atom stereocenters. The Balaban J connectivity index is 2.60. The SMILES string of the molecule is CCOC(=O)/C=C(\C)Nc1ccc(Br)cc1. The van der Waals surface area contributed by atoms with E-state index >= 15 is 0 Å². The summed E-state index contributed by atoms with van der Waals surface area (Å²) in [5.74, 6) is -0.329. The van der Waals surface area contributed by atoms with Gasteiger partial charge < -0.3 is 10.1 Å². The standard InChI is InChI=1S/C12H14BrNO2/c1-3-16-12(15)8-9(2)14-11-6-4-10(13)5-7-11/h4-8,14H,3H2,1-2H3/b9-8+. The Hall–Kier alpha value is -1.29. The number of carbonyl (C=O) groups excluding carboxylic acids is 1. The van der Waals surface area contributed by atoms with Gasteiger partial charge in [-0.2, -0.15) is 0 Å². The van der Waals surface area contributed by atoms with Crippen molar-refractivity contribution < 1.29 is 9.53 Å². The van der Waals surface area contributed by atoms with E-state index in [1.165, 1.54) is 6.08 Å². The van der Waals surface area contributed by atoms with Gasteiger partial charge in [-0.3, -0.25) is 0 Å². The minimum Gasteiger partial charge on any atom is -0.463 e. The van der Waals surface area contributed by atoms with Crippen LogP contribution in [-0.2, 0) is 9.53 Å². The summed E-state index contributed by atoms with van der Waals surface area (Å²) in [7, 11) is 0. The van der Waals surface area contributed by atoms with E-state index in [9.17, 15) is 4.79 Å². The minimum atomic E-state index is -0.329. The van der Waals surface area contributed by atoms with Crippen LogP contribution in [0, 0.1) is 0 Å². The first kappa shape index (κ1) is 12.8. The average Bonchev–Trinajstić information content (AvgIpc) is 2.21. The third-order valence-corrected chi connectivity index (χ3v) is 2.34. The molecular formula is C12H14BrNO2. The Kier molecular flexibility index (Phi) is 5.05. The number of anilines is 1. The van der Waals surface area contributed by atoms with Gasteiger partial charge in [-0.05, 0) is 38.1 Å². The molecule has 0 unspecified atom stereocenters. The summed E-state index contributed by atoms with van der Waals surface area (Å²) in [6, 6.07) is 7.71. The lowest BCUT2D eigenvalue weighted by Crippen LogP contribution is -2.04. The van der Waals surface area contributed by atoms with E-state index in [-0.39, 0.29) is 5.97 Å². The summed E-state index contributed by atoms with van der Waals surface area (Å²) in [5.41, 5.74) is 1.68. The Bertz CT molecular complexity index is 385. The molecule has 4 heteroatoms. The van der Waals surface area contributed by atoms with Gasteiger partial charge in [0.15, 0.2) is 0 Å². The molecule has 0 amide bonds. The van der Waals surface area contributed by atoms with Crippen LogP contribution < -0.4 is 5.32 Å². The number of hydrogen-bond donors (Lipinski definition) is 1. The smallest absolute Gasteiger partial charge is 0.332 e. The number of hydrogen-bond acceptors (Lipinski definition) is 3. The number of rotatable bonds is 4. The van der Waals surface area contributed by atoms with Gasteiger partial charge in [0.2, 0.25) is 0 Å². The second-order valence-corrected chi connectivity index (χ2v) is 4.13. The molecule has 1 aromatic rings. The van der Waals surface area contributed by atoms with Gasteiger partial charge in [0.1, 0.15) is 0 Å². The van der Waals surface area contributed by atoms with Crippen LogP contribution in [-0.4, -0.2) is 12.6 Å².